The van der Waals surface area contributed by atoms with E-state index in [-0.39, 0.29) is 16.0 Å². The summed E-state index contributed by atoms with van der Waals surface area (Å²) < 4.78 is 29.0. The molecule has 7 heteroatoms. The summed E-state index contributed by atoms with van der Waals surface area (Å²) in [7, 11) is 0. The Morgan fingerprint density at radius 1 is 1.24 bits per heavy atom. The number of carboxylic acids is 1. The molecule has 0 amide bonds. The van der Waals surface area contributed by atoms with E-state index >= 15 is 4.39 Å². The Labute approximate surface area is 174 Å². The molecule has 1 fully saturated rings. The highest BCUT2D eigenvalue weighted by molar-refractivity contribution is 6.30. The molecule has 0 spiro atoms. The first-order valence-corrected chi connectivity index (χ1v) is 9.80. The average Bonchev–Trinajstić information content (AvgIpc) is 2.86. The van der Waals surface area contributed by atoms with Gasteiger partial charge in [0.1, 0.15) is 17.7 Å². The SMILES string of the molecule is CC(C)(C)C[C@@H]1N[C@@H](C(=O)O)[C@H](c2cccc(F)c2)[C@@]1(N)c1ccc(Cl)cc1F. The number of halogens is 3. The quantitative estimate of drug-likeness (QED) is 0.681. The number of rotatable bonds is 4. The smallest absolute Gasteiger partial charge is 0.321 e. The van der Waals surface area contributed by atoms with Crippen LogP contribution in [0.1, 0.15) is 44.2 Å². The van der Waals surface area contributed by atoms with E-state index in [0.29, 0.717) is 12.0 Å². The maximum Gasteiger partial charge on any atom is 0.321 e. The Kier molecular flexibility index (Phi) is 5.73. The summed E-state index contributed by atoms with van der Waals surface area (Å²) in [6, 6.07) is 8.17. The number of carboxylic acid groups (broad SMARTS) is 1. The van der Waals surface area contributed by atoms with E-state index in [0.717, 1.165) is 6.07 Å². The minimum Gasteiger partial charge on any atom is -0.480 e. The van der Waals surface area contributed by atoms with Gasteiger partial charge < -0.3 is 10.8 Å². The second-order valence-corrected chi connectivity index (χ2v) is 9.33. The number of hydrogen-bond acceptors (Lipinski definition) is 3. The van der Waals surface area contributed by atoms with Gasteiger partial charge in [0.15, 0.2) is 0 Å². The maximum absolute atomic E-state index is 15.0. The van der Waals surface area contributed by atoms with E-state index in [1.54, 1.807) is 6.07 Å². The molecule has 0 bridgehead atoms. The zero-order valence-corrected chi connectivity index (χ0v) is 17.3. The summed E-state index contributed by atoms with van der Waals surface area (Å²) in [5.74, 6) is -3.14. The van der Waals surface area contributed by atoms with Crippen molar-refractivity contribution in [3.05, 3.63) is 70.2 Å². The van der Waals surface area contributed by atoms with Crippen LogP contribution < -0.4 is 11.1 Å². The van der Waals surface area contributed by atoms with E-state index in [4.69, 9.17) is 17.3 Å². The molecule has 1 saturated heterocycles. The molecule has 2 aromatic rings. The van der Waals surface area contributed by atoms with Gasteiger partial charge in [-0.25, -0.2) is 8.78 Å². The summed E-state index contributed by atoms with van der Waals surface area (Å²) in [6.07, 6.45) is 0.487. The van der Waals surface area contributed by atoms with Crippen molar-refractivity contribution in [3.8, 4) is 0 Å². The van der Waals surface area contributed by atoms with Gasteiger partial charge in [-0.05, 0) is 41.7 Å². The third-order valence-electron chi connectivity index (χ3n) is 5.49. The monoisotopic (exact) mass is 422 g/mol. The fourth-order valence-corrected chi connectivity index (χ4v) is 4.52. The average molecular weight is 423 g/mol. The van der Waals surface area contributed by atoms with E-state index < -0.39 is 41.1 Å². The minimum atomic E-state index is -1.43. The topological polar surface area (TPSA) is 75.3 Å². The van der Waals surface area contributed by atoms with Gasteiger partial charge in [0.05, 0.1) is 5.54 Å². The Bertz CT molecular complexity index is 931. The molecule has 2 aromatic carbocycles. The van der Waals surface area contributed by atoms with Gasteiger partial charge in [-0.2, -0.15) is 0 Å². The molecule has 1 heterocycles. The molecule has 0 aliphatic carbocycles. The van der Waals surface area contributed by atoms with E-state index in [1.165, 1.54) is 30.3 Å². The van der Waals surface area contributed by atoms with Crippen molar-refractivity contribution in [1.29, 1.82) is 0 Å². The zero-order valence-electron chi connectivity index (χ0n) is 16.5. The van der Waals surface area contributed by atoms with Gasteiger partial charge in [0.25, 0.3) is 0 Å². The molecule has 156 valence electrons. The molecule has 4 N–H and O–H groups in total. The van der Waals surface area contributed by atoms with Crippen LogP contribution in [0.15, 0.2) is 42.5 Å². The lowest BCUT2D eigenvalue weighted by molar-refractivity contribution is -0.139. The molecule has 0 saturated carbocycles. The first-order valence-electron chi connectivity index (χ1n) is 9.42. The highest BCUT2D eigenvalue weighted by Crippen LogP contribution is 2.48. The van der Waals surface area contributed by atoms with Crippen LogP contribution in [0.3, 0.4) is 0 Å². The molecule has 0 unspecified atom stereocenters. The van der Waals surface area contributed by atoms with Gasteiger partial charge >= 0.3 is 5.97 Å². The lowest BCUT2D eigenvalue weighted by Gasteiger charge is -2.39. The number of hydrogen-bond donors (Lipinski definition) is 3. The van der Waals surface area contributed by atoms with Crippen molar-refractivity contribution in [3.63, 3.8) is 0 Å². The number of carbonyl (C=O) groups is 1. The van der Waals surface area contributed by atoms with Gasteiger partial charge in [-0.1, -0.05) is 50.6 Å². The van der Waals surface area contributed by atoms with Crippen LogP contribution in [0.4, 0.5) is 8.78 Å². The third kappa shape index (κ3) is 4.15. The molecule has 1 aliphatic heterocycles. The van der Waals surface area contributed by atoms with E-state index in [9.17, 15) is 14.3 Å². The molecule has 4 atom stereocenters. The summed E-state index contributed by atoms with van der Waals surface area (Å²) in [4.78, 5) is 12.1. The number of benzene rings is 2. The Morgan fingerprint density at radius 3 is 2.48 bits per heavy atom. The van der Waals surface area contributed by atoms with Gasteiger partial charge in [-0.15, -0.1) is 0 Å². The predicted molar refractivity (Wildman–Crippen MR) is 109 cm³/mol. The molecular weight excluding hydrogens is 398 g/mol. The fourth-order valence-electron chi connectivity index (χ4n) is 4.36. The van der Waals surface area contributed by atoms with Crippen molar-refractivity contribution in [2.24, 2.45) is 11.1 Å². The lowest BCUT2D eigenvalue weighted by Crippen LogP contribution is -2.52. The van der Waals surface area contributed by atoms with Gasteiger partial charge in [0, 0.05) is 22.5 Å². The van der Waals surface area contributed by atoms with Crippen LogP contribution in [0.25, 0.3) is 0 Å². The van der Waals surface area contributed by atoms with E-state index in [1.807, 2.05) is 20.8 Å². The third-order valence-corrected chi connectivity index (χ3v) is 5.73. The van der Waals surface area contributed by atoms with E-state index in [2.05, 4.69) is 5.32 Å². The molecule has 0 radical (unpaired) electrons. The standard InChI is InChI=1S/C22H25ClF2N2O2/c1-21(2,3)11-17-22(26,15-8-7-13(23)10-16(15)25)18(19(27-17)20(28)29)12-5-4-6-14(24)9-12/h4-10,17-19,27H,11,26H2,1-3H3,(H,28,29)/t17-,18-,19+,22+/m0/s1. The zero-order chi connectivity index (χ0) is 21.6. The molecule has 0 aromatic heterocycles. The largest absolute Gasteiger partial charge is 0.480 e. The van der Waals surface area contributed by atoms with Crippen molar-refractivity contribution >= 4 is 17.6 Å². The van der Waals surface area contributed by atoms with Crippen LogP contribution in [0.5, 0.6) is 0 Å². The molecule has 4 nitrogen and oxygen atoms in total. The fraction of sp³-hybridized carbons (Fsp3) is 0.409. The summed E-state index contributed by atoms with van der Waals surface area (Å²) >= 11 is 5.93. The van der Waals surface area contributed by atoms with Crippen LogP contribution in [-0.4, -0.2) is 23.2 Å². The van der Waals surface area contributed by atoms with Gasteiger partial charge in [-0.3, -0.25) is 10.1 Å². The summed E-state index contributed by atoms with van der Waals surface area (Å²) in [5.41, 5.74) is 5.81. The van der Waals surface area contributed by atoms with Crippen molar-refractivity contribution in [2.75, 3.05) is 0 Å². The Morgan fingerprint density at radius 2 is 1.93 bits per heavy atom. The highest BCUT2D eigenvalue weighted by atomic mass is 35.5. The van der Waals surface area contributed by atoms with Crippen LogP contribution in [-0.2, 0) is 10.3 Å². The minimum absolute atomic E-state index is 0.154. The van der Waals surface area contributed by atoms with Crippen molar-refractivity contribution < 1.29 is 18.7 Å². The lowest BCUT2D eigenvalue weighted by atomic mass is 9.68. The van der Waals surface area contributed by atoms with Crippen molar-refractivity contribution in [2.45, 2.75) is 50.7 Å². The predicted octanol–water partition coefficient (Wildman–Crippen LogP) is 4.42. The normalized spacial score (nSPS) is 27.2. The van der Waals surface area contributed by atoms with Crippen LogP contribution in [0.2, 0.25) is 5.02 Å². The Balaban J connectivity index is 2.26. The highest BCUT2D eigenvalue weighted by Gasteiger charge is 2.57. The first-order chi connectivity index (χ1) is 13.4. The second-order valence-electron chi connectivity index (χ2n) is 8.89. The van der Waals surface area contributed by atoms with Crippen LogP contribution >= 0.6 is 11.6 Å². The number of nitrogens with two attached hydrogens (primary N) is 1. The molecule has 3 rings (SSSR count). The first kappa shape index (κ1) is 21.7. The molecule has 1 aliphatic rings. The number of aliphatic carboxylic acids is 1. The van der Waals surface area contributed by atoms with Crippen LogP contribution in [0, 0.1) is 17.0 Å². The van der Waals surface area contributed by atoms with Crippen molar-refractivity contribution in [1.82, 2.24) is 5.32 Å². The van der Waals surface area contributed by atoms with Gasteiger partial charge in [0.2, 0.25) is 0 Å². The maximum atomic E-state index is 15.0. The number of nitrogens with one attached hydrogen (secondary N) is 1. The summed E-state index contributed by atoms with van der Waals surface area (Å²) in [6.45, 7) is 6.00. The second kappa shape index (κ2) is 7.67. The Hall–Kier alpha value is -2.02. The summed E-state index contributed by atoms with van der Waals surface area (Å²) in [5, 5.41) is 13.2. The molecular formula is C22H25ClF2N2O2. The molecule has 29 heavy (non-hydrogen) atoms.